The lowest BCUT2D eigenvalue weighted by Crippen LogP contribution is -2.18. The number of hydrogen-bond donors (Lipinski definition) is 2. The number of likely N-dealkylation sites (tertiary alicyclic amines) is 1. The van der Waals surface area contributed by atoms with Gasteiger partial charge in [-0.15, -0.1) is 0 Å². The van der Waals surface area contributed by atoms with Gasteiger partial charge in [-0.2, -0.15) is 5.10 Å². The summed E-state index contributed by atoms with van der Waals surface area (Å²) in [5.74, 6) is 0.543. The van der Waals surface area contributed by atoms with Crippen LogP contribution in [0.5, 0.6) is 0 Å². The third-order valence-electron chi connectivity index (χ3n) is 3.50. The quantitative estimate of drug-likeness (QED) is 0.868. The number of nitrogen functional groups attached to an aromatic ring is 1. The molecule has 4 nitrogen and oxygen atoms in total. The minimum atomic E-state index is 0.543. The first-order chi connectivity index (χ1) is 8.83. The first kappa shape index (κ1) is 11.3. The molecule has 0 spiro atoms. The molecule has 0 radical (unpaired) electrons. The maximum atomic E-state index is 5.68. The highest BCUT2D eigenvalue weighted by atomic mass is 15.2. The highest BCUT2D eigenvalue weighted by molar-refractivity contribution is 5.65. The summed E-state index contributed by atoms with van der Waals surface area (Å²) in [5.41, 5.74) is 9.22. The minimum Gasteiger partial charge on any atom is -0.382 e. The van der Waals surface area contributed by atoms with Gasteiger partial charge in [-0.3, -0.25) is 10.00 Å². The van der Waals surface area contributed by atoms with Crippen LogP contribution >= 0.6 is 0 Å². The number of anilines is 1. The summed E-state index contributed by atoms with van der Waals surface area (Å²) >= 11 is 0. The highest BCUT2D eigenvalue weighted by Crippen LogP contribution is 2.25. The minimum absolute atomic E-state index is 0.543. The van der Waals surface area contributed by atoms with E-state index in [1.54, 1.807) is 0 Å². The normalized spacial score (nSPS) is 16.2. The van der Waals surface area contributed by atoms with Crippen molar-refractivity contribution in [2.75, 3.05) is 18.8 Å². The number of nitrogens with one attached hydrogen (secondary N) is 1. The van der Waals surface area contributed by atoms with E-state index in [4.69, 9.17) is 5.73 Å². The van der Waals surface area contributed by atoms with Gasteiger partial charge in [-0.05, 0) is 31.5 Å². The Balaban J connectivity index is 1.89. The van der Waals surface area contributed by atoms with Gasteiger partial charge in [-0.1, -0.05) is 24.3 Å². The zero-order valence-corrected chi connectivity index (χ0v) is 10.4. The van der Waals surface area contributed by atoms with Gasteiger partial charge < -0.3 is 5.73 Å². The number of nitrogens with zero attached hydrogens (tertiary/aromatic N) is 2. The van der Waals surface area contributed by atoms with E-state index in [0.29, 0.717) is 5.82 Å². The van der Waals surface area contributed by atoms with E-state index in [1.807, 2.05) is 6.07 Å². The zero-order chi connectivity index (χ0) is 12.4. The molecule has 3 rings (SSSR count). The molecule has 18 heavy (non-hydrogen) atoms. The number of hydrogen-bond acceptors (Lipinski definition) is 3. The van der Waals surface area contributed by atoms with Crippen molar-refractivity contribution in [3.05, 3.63) is 35.9 Å². The van der Waals surface area contributed by atoms with Gasteiger partial charge >= 0.3 is 0 Å². The summed E-state index contributed by atoms with van der Waals surface area (Å²) in [4.78, 5) is 2.50. The van der Waals surface area contributed by atoms with Crippen molar-refractivity contribution in [2.24, 2.45) is 0 Å². The Morgan fingerprint density at radius 3 is 2.72 bits per heavy atom. The first-order valence-electron chi connectivity index (χ1n) is 6.44. The number of nitrogens with two attached hydrogens (primary N) is 1. The Hall–Kier alpha value is -1.81. The molecule has 1 aliphatic heterocycles. The Bertz CT molecular complexity index is 526. The largest absolute Gasteiger partial charge is 0.382 e. The molecule has 0 amide bonds. The molecule has 0 saturated carbocycles. The molecule has 1 aromatic heterocycles. The van der Waals surface area contributed by atoms with E-state index in [-0.39, 0.29) is 0 Å². The lowest BCUT2D eigenvalue weighted by molar-refractivity contribution is 0.332. The maximum absolute atomic E-state index is 5.68. The van der Waals surface area contributed by atoms with Crippen LogP contribution in [0.3, 0.4) is 0 Å². The predicted octanol–water partition coefficient (Wildman–Crippen LogP) is 2.25. The third kappa shape index (κ3) is 2.24. The molecule has 4 heteroatoms. The molecular weight excluding hydrogens is 224 g/mol. The molecule has 1 aliphatic rings. The number of aromatic amines is 1. The van der Waals surface area contributed by atoms with E-state index in [0.717, 1.165) is 12.2 Å². The van der Waals surface area contributed by atoms with Crippen LogP contribution in [0.4, 0.5) is 5.82 Å². The van der Waals surface area contributed by atoms with E-state index in [2.05, 4.69) is 39.4 Å². The molecule has 2 heterocycles. The van der Waals surface area contributed by atoms with Crippen LogP contribution in [0.25, 0.3) is 11.3 Å². The number of rotatable bonds is 3. The van der Waals surface area contributed by atoms with E-state index < -0.39 is 0 Å². The molecule has 1 aromatic carbocycles. The van der Waals surface area contributed by atoms with Crippen molar-refractivity contribution in [3.8, 4) is 11.3 Å². The fraction of sp³-hybridized carbons (Fsp3) is 0.357. The average molecular weight is 242 g/mol. The fourth-order valence-corrected chi connectivity index (χ4v) is 2.58. The van der Waals surface area contributed by atoms with E-state index in [9.17, 15) is 0 Å². The molecule has 1 fully saturated rings. The Labute approximate surface area is 107 Å². The summed E-state index contributed by atoms with van der Waals surface area (Å²) < 4.78 is 0. The van der Waals surface area contributed by atoms with Crippen LogP contribution in [-0.4, -0.2) is 28.2 Å². The molecule has 0 bridgehead atoms. The van der Waals surface area contributed by atoms with E-state index >= 15 is 0 Å². The van der Waals surface area contributed by atoms with Gasteiger partial charge in [0.25, 0.3) is 0 Å². The van der Waals surface area contributed by atoms with Gasteiger partial charge in [0.05, 0.1) is 5.69 Å². The van der Waals surface area contributed by atoms with Crippen molar-refractivity contribution < 1.29 is 0 Å². The molecule has 0 atom stereocenters. The molecule has 0 unspecified atom stereocenters. The van der Waals surface area contributed by atoms with Crippen LogP contribution < -0.4 is 5.73 Å². The van der Waals surface area contributed by atoms with Gasteiger partial charge in [-0.25, -0.2) is 0 Å². The van der Waals surface area contributed by atoms with Crippen molar-refractivity contribution in [3.63, 3.8) is 0 Å². The third-order valence-corrected chi connectivity index (χ3v) is 3.50. The standard InChI is InChI=1S/C14H18N4/c15-14-9-13(16-17-14)12-6-2-1-5-11(12)10-18-7-3-4-8-18/h1-2,5-6,9H,3-4,7-8,10H2,(H3,15,16,17). The SMILES string of the molecule is Nc1cc(-c2ccccc2CN2CCCC2)[nH]n1. The lowest BCUT2D eigenvalue weighted by Gasteiger charge is -2.16. The summed E-state index contributed by atoms with van der Waals surface area (Å²) in [6.45, 7) is 3.42. The molecule has 0 aliphatic carbocycles. The van der Waals surface area contributed by atoms with Gasteiger partial charge in [0, 0.05) is 18.2 Å². The van der Waals surface area contributed by atoms with Crippen molar-refractivity contribution in [1.82, 2.24) is 15.1 Å². The highest BCUT2D eigenvalue weighted by Gasteiger charge is 2.14. The van der Waals surface area contributed by atoms with E-state index in [1.165, 1.54) is 37.1 Å². The summed E-state index contributed by atoms with van der Waals surface area (Å²) in [7, 11) is 0. The van der Waals surface area contributed by atoms with Crippen molar-refractivity contribution >= 4 is 5.82 Å². The van der Waals surface area contributed by atoms with Gasteiger partial charge in [0.15, 0.2) is 0 Å². The Kier molecular flexibility index (Phi) is 3.02. The monoisotopic (exact) mass is 242 g/mol. The zero-order valence-electron chi connectivity index (χ0n) is 10.4. The second kappa shape index (κ2) is 4.82. The molecule has 2 aromatic rings. The first-order valence-corrected chi connectivity index (χ1v) is 6.44. The lowest BCUT2D eigenvalue weighted by atomic mass is 10.0. The topological polar surface area (TPSA) is 57.9 Å². The molecular formula is C14H18N4. The fourth-order valence-electron chi connectivity index (χ4n) is 2.58. The average Bonchev–Trinajstić information content (AvgIpc) is 3.02. The van der Waals surface area contributed by atoms with Gasteiger partial charge in [0.1, 0.15) is 5.82 Å². The van der Waals surface area contributed by atoms with Crippen LogP contribution in [0, 0.1) is 0 Å². The molecule has 3 N–H and O–H groups in total. The maximum Gasteiger partial charge on any atom is 0.145 e. The van der Waals surface area contributed by atoms with Crippen molar-refractivity contribution in [2.45, 2.75) is 19.4 Å². The van der Waals surface area contributed by atoms with Crippen LogP contribution in [0.2, 0.25) is 0 Å². The second-order valence-electron chi connectivity index (χ2n) is 4.85. The van der Waals surface area contributed by atoms with Crippen LogP contribution in [0.1, 0.15) is 18.4 Å². The second-order valence-corrected chi connectivity index (χ2v) is 4.85. The Morgan fingerprint density at radius 2 is 2.00 bits per heavy atom. The van der Waals surface area contributed by atoms with Crippen LogP contribution in [-0.2, 0) is 6.54 Å². The van der Waals surface area contributed by atoms with Gasteiger partial charge in [0.2, 0.25) is 0 Å². The Morgan fingerprint density at radius 1 is 1.22 bits per heavy atom. The van der Waals surface area contributed by atoms with Crippen molar-refractivity contribution in [1.29, 1.82) is 0 Å². The molecule has 94 valence electrons. The van der Waals surface area contributed by atoms with Crippen LogP contribution in [0.15, 0.2) is 30.3 Å². The smallest absolute Gasteiger partial charge is 0.145 e. The summed E-state index contributed by atoms with van der Waals surface area (Å²) in [6.07, 6.45) is 2.64. The predicted molar refractivity (Wildman–Crippen MR) is 72.9 cm³/mol. The molecule has 1 saturated heterocycles. The number of benzene rings is 1. The number of aromatic nitrogens is 2. The summed E-state index contributed by atoms with van der Waals surface area (Å²) in [6, 6.07) is 10.3. The number of H-pyrrole nitrogens is 1. The summed E-state index contributed by atoms with van der Waals surface area (Å²) in [5, 5.41) is 7.00.